The van der Waals surface area contributed by atoms with Gasteiger partial charge >= 0.3 is 0 Å². The van der Waals surface area contributed by atoms with Crippen LogP contribution in [-0.2, 0) is 6.42 Å². The van der Waals surface area contributed by atoms with Crippen molar-refractivity contribution in [3.63, 3.8) is 0 Å². The minimum absolute atomic E-state index is 0.603. The maximum atomic E-state index is 5.13. The molecule has 1 aromatic rings. The molecule has 5 heteroatoms. The second kappa shape index (κ2) is 7.03. The number of rotatable bonds is 5. The average molecular weight is 252 g/mol. The van der Waals surface area contributed by atoms with Crippen LogP contribution in [0.3, 0.4) is 0 Å². The van der Waals surface area contributed by atoms with E-state index in [-0.39, 0.29) is 0 Å². The minimum atomic E-state index is 0.603. The number of nitrogens with one attached hydrogen (secondary N) is 2. The number of hydrogen-bond acceptors (Lipinski definition) is 3. The van der Waals surface area contributed by atoms with E-state index in [9.17, 15) is 0 Å². The molecule has 0 fully saturated rings. The molecule has 0 aliphatic heterocycles. The third kappa shape index (κ3) is 4.39. The first kappa shape index (κ1) is 14.5. The van der Waals surface area contributed by atoms with Crippen LogP contribution in [0.25, 0.3) is 0 Å². The number of aryl methyl sites for hydroxylation is 2. The molecule has 1 aromatic heterocycles. The highest BCUT2D eigenvalue weighted by Gasteiger charge is 2.08. The summed E-state index contributed by atoms with van der Waals surface area (Å²) in [5.74, 6) is 2.35. The van der Waals surface area contributed by atoms with E-state index in [0.717, 1.165) is 36.9 Å². The molecule has 5 nitrogen and oxygen atoms in total. The second-order valence-corrected chi connectivity index (χ2v) is 4.83. The number of aliphatic imine (C=N–C) groups is 1. The smallest absolute Gasteiger partial charge is 0.190 e. The van der Waals surface area contributed by atoms with Crippen molar-refractivity contribution >= 4 is 5.96 Å². The molecular weight excluding hydrogens is 228 g/mol. The van der Waals surface area contributed by atoms with Crippen LogP contribution in [0.15, 0.2) is 9.52 Å². The van der Waals surface area contributed by atoms with Gasteiger partial charge in [0.15, 0.2) is 5.96 Å². The fourth-order valence-electron chi connectivity index (χ4n) is 1.69. The van der Waals surface area contributed by atoms with Crippen molar-refractivity contribution in [2.75, 3.05) is 20.1 Å². The Morgan fingerprint density at radius 1 is 1.33 bits per heavy atom. The molecule has 0 saturated heterocycles. The Bertz CT molecular complexity index is 376. The maximum Gasteiger partial charge on any atom is 0.190 e. The van der Waals surface area contributed by atoms with Crippen LogP contribution in [0.1, 0.15) is 30.9 Å². The summed E-state index contributed by atoms with van der Waals surface area (Å²) in [4.78, 5) is 4.18. The SMILES string of the molecule is CN=C(NCCc1c(C)noc1C)NCC(C)C. The van der Waals surface area contributed by atoms with Gasteiger partial charge in [-0.05, 0) is 26.2 Å². The Labute approximate surface area is 109 Å². The Balaban J connectivity index is 2.36. The first-order valence-corrected chi connectivity index (χ1v) is 6.40. The van der Waals surface area contributed by atoms with Gasteiger partial charge in [-0.2, -0.15) is 0 Å². The summed E-state index contributed by atoms with van der Waals surface area (Å²) < 4.78 is 5.13. The zero-order valence-electron chi connectivity index (χ0n) is 12.0. The van der Waals surface area contributed by atoms with Crippen molar-refractivity contribution in [1.82, 2.24) is 15.8 Å². The average Bonchev–Trinajstić information content (AvgIpc) is 2.64. The van der Waals surface area contributed by atoms with Crippen molar-refractivity contribution < 1.29 is 4.52 Å². The molecule has 0 unspecified atom stereocenters. The summed E-state index contributed by atoms with van der Waals surface area (Å²) in [5, 5.41) is 10.5. The van der Waals surface area contributed by atoms with E-state index in [1.54, 1.807) is 7.05 Å². The quantitative estimate of drug-likeness (QED) is 0.618. The standard InChI is InChI=1S/C13H24N4O/c1-9(2)8-16-13(14-5)15-7-6-12-10(3)17-18-11(12)4/h9H,6-8H2,1-5H3,(H2,14,15,16). The van der Waals surface area contributed by atoms with E-state index < -0.39 is 0 Å². The van der Waals surface area contributed by atoms with Crippen molar-refractivity contribution in [3.8, 4) is 0 Å². The highest BCUT2D eigenvalue weighted by atomic mass is 16.5. The molecule has 18 heavy (non-hydrogen) atoms. The summed E-state index contributed by atoms with van der Waals surface area (Å²) in [6, 6.07) is 0. The van der Waals surface area contributed by atoms with Crippen molar-refractivity contribution in [3.05, 3.63) is 17.0 Å². The zero-order valence-corrected chi connectivity index (χ0v) is 12.0. The summed E-state index contributed by atoms with van der Waals surface area (Å²) in [5.41, 5.74) is 2.15. The van der Waals surface area contributed by atoms with Crippen LogP contribution in [0.4, 0.5) is 0 Å². The number of guanidine groups is 1. The third-order valence-corrected chi connectivity index (χ3v) is 2.75. The number of aromatic nitrogens is 1. The predicted molar refractivity (Wildman–Crippen MR) is 73.9 cm³/mol. The highest BCUT2D eigenvalue weighted by molar-refractivity contribution is 5.79. The lowest BCUT2D eigenvalue weighted by Crippen LogP contribution is -2.40. The molecule has 0 aromatic carbocycles. The van der Waals surface area contributed by atoms with Crippen LogP contribution in [0, 0.1) is 19.8 Å². The van der Waals surface area contributed by atoms with E-state index in [2.05, 4.69) is 34.6 Å². The molecule has 2 N–H and O–H groups in total. The largest absolute Gasteiger partial charge is 0.361 e. The monoisotopic (exact) mass is 252 g/mol. The molecule has 0 aliphatic rings. The lowest BCUT2D eigenvalue weighted by Gasteiger charge is -2.13. The molecule has 0 aliphatic carbocycles. The van der Waals surface area contributed by atoms with Crippen molar-refractivity contribution in [2.24, 2.45) is 10.9 Å². The van der Waals surface area contributed by atoms with Crippen LogP contribution in [0.2, 0.25) is 0 Å². The molecule has 102 valence electrons. The lowest BCUT2D eigenvalue weighted by atomic mass is 10.1. The van der Waals surface area contributed by atoms with Crippen LogP contribution in [0.5, 0.6) is 0 Å². The van der Waals surface area contributed by atoms with Crippen LogP contribution >= 0.6 is 0 Å². The van der Waals surface area contributed by atoms with Gasteiger partial charge in [0.05, 0.1) is 5.69 Å². The molecule has 1 rings (SSSR count). The van der Waals surface area contributed by atoms with Gasteiger partial charge in [-0.15, -0.1) is 0 Å². The summed E-state index contributed by atoms with van der Waals surface area (Å²) >= 11 is 0. The van der Waals surface area contributed by atoms with Gasteiger partial charge in [0.2, 0.25) is 0 Å². The minimum Gasteiger partial charge on any atom is -0.361 e. The normalized spacial score (nSPS) is 12.0. The Hall–Kier alpha value is -1.52. The molecule has 0 saturated carbocycles. The zero-order chi connectivity index (χ0) is 13.5. The van der Waals surface area contributed by atoms with Gasteiger partial charge in [0, 0.05) is 25.7 Å². The molecule has 0 bridgehead atoms. The van der Waals surface area contributed by atoms with Gasteiger partial charge in [-0.1, -0.05) is 19.0 Å². The van der Waals surface area contributed by atoms with Crippen LogP contribution in [-0.4, -0.2) is 31.3 Å². The van der Waals surface area contributed by atoms with Crippen LogP contribution < -0.4 is 10.6 Å². The fourth-order valence-corrected chi connectivity index (χ4v) is 1.69. The summed E-state index contributed by atoms with van der Waals surface area (Å²) in [6.45, 7) is 10.00. The number of nitrogens with zero attached hydrogens (tertiary/aromatic N) is 2. The lowest BCUT2D eigenvalue weighted by molar-refractivity contribution is 0.392. The number of hydrogen-bond donors (Lipinski definition) is 2. The molecule has 0 amide bonds. The van der Waals surface area contributed by atoms with Gasteiger partial charge < -0.3 is 15.2 Å². The summed E-state index contributed by atoms with van der Waals surface area (Å²) in [7, 11) is 1.78. The van der Waals surface area contributed by atoms with Crippen molar-refractivity contribution in [2.45, 2.75) is 34.1 Å². The molecule has 0 radical (unpaired) electrons. The summed E-state index contributed by atoms with van der Waals surface area (Å²) in [6.07, 6.45) is 0.892. The topological polar surface area (TPSA) is 62.5 Å². The first-order chi connectivity index (χ1) is 8.54. The van der Waals surface area contributed by atoms with Gasteiger partial charge in [-0.3, -0.25) is 4.99 Å². The third-order valence-electron chi connectivity index (χ3n) is 2.75. The Morgan fingerprint density at radius 2 is 2.06 bits per heavy atom. The van der Waals surface area contributed by atoms with Gasteiger partial charge in [0.25, 0.3) is 0 Å². The fraction of sp³-hybridized carbons (Fsp3) is 0.692. The second-order valence-electron chi connectivity index (χ2n) is 4.83. The van der Waals surface area contributed by atoms with Gasteiger partial charge in [0.1, 0.15) is 5.76 Å². The Kier molecular flexibility index (Phi) is 5.68. The van der Waals surface area contributed by atoms with E-state index >= 15 is 0 Å². The van der Waals surface area contributed by atoms with E-state index in [0.29, 0.717) is 5.92 Å². The van der Waals surface area contributed by atoms with E-state index in [4.69, 9.17) is 4.52 Å². The highest BCUT2D eigenvalue weighted by Crippen LogP contribution is 2.11. The molecule has 1 heterocycles. The molecular formula is C13H24N4O. The maximum absolute atomic E-state index is 5.13. The van der Waals surface area contributed by atoms with Gasteiger partial charge in [-0.25, -0.2) is 0 Å². The van der Waals surface area contributed by atoms with E-state index in [1.165, 1.54) is 5.56 Å². The molecule has 0 spiro atoms. The predicted octanol–water partition coefficient (Wildman–Crippen LogP) is 1.65. The van der Waals surface area contributed by atoms with E-state index in [1.807, 2.05) is 13.8 Å². The van der Waals surface area contributed by atoms with Crippen molar-refractivity contribution in [1.29, 1.82) is 0 Å². The first-order valence-electron chi connectivity index (χ1n) is 6.40. The Morgan fingerprint density at radius 3 is 2.56 bits per heavy atom. The molecule has 0 atom stereocenters.